The van der Waals surface area contributed by atoms with Gasteiger partial charge in [0, 0.05) is 37.2 Å². The number of nitrogens with one attached hydrogen (secondary N) is 1. The number of hydrogen-bond donors (Lipinski definition) is 3. The van der Waals surface area contributed by atoms with Gasteiger partial charge in [-0.05, 0) is 28.1 Å². The lowest BCUT2D eigenvalue weighted by Crippen LogP contribution is -2.27. The second-order valence-corrected chi connectivity index (χ2v) is 4.95. The van der Waals surface area contributed by atoms with Crippen molar-refractivity contribution >= 4 is 39.1 Å². The summed E-state index contributed by atoms with van der Waals surface area (Å²) in [5, 5.41) is 2.55. The third-order valence-electron chi connectivity index (χ3n) is 2.75. The van der Waals surface area contributed by atoms with Gasteiger partial charge < -0.3 is 21.7 Å². The van der Waals surface area contributed by atoms with Gasteiger partial charge >= 0.3 is 0 Å². The molecule has 0 saturated carbocycles. The van der Waals surface area contributed by atoms with Crippen molar-refractivity contribution in [2.45, 2.75) is 6.42 Å². The van der Waals surface area contributed by atoms with Gasteiger partial charge in [0.25, 0.3) is 5.91 Å². The highest BCUT2D eigenvalue weighted by Crippen LogP contribution is 2.30. The Labute approximate surface area is 120 Å². The summed E-state index contributed by atoms with van der Waals surface area (Å²) >= 11 is 3.38. The summed E-state index contributed by atoms with van der Waals surface area (Å²) in [6, 6.07) is 3.25. The number of nitrogens with zero attached hydrogens (tertiary/aromatic N) is 1. The number of benzene rings is 1. The van der Waals surface area contributed by atoms with Crippen molar-refractivity contribution in [3.05, 3.63) is 22.2 Å². The molecule has 104 valence electrons. The van der Waals surface area contributed by atoms with Crippen molar-refractivity contribution in [3.8, 4) is 0 Å². The highest BCUT2D eigenvalue weighted by Gasteiger charge is 2.14. The van der Waals surface area contributed by atoms with Crippen LogP contribution in [0.2, 0.25) is 0 Å². The molecule has 19 heavy (non-hydrogen) atoms. The number of halogens is 1. The molecule has 0 saturated heterocycles. The average molecular weight is 329 g/mol. The summed E-state index contributed by atoms with van der Waals surface area (Å²) in [7, 11) is 3.41. The molecule has 1 rings (SSSR count). The number of nitrogens with two attached hydrogens (primary N) is 2. The minimum absolute atomic E-state index is 0.0476. The fraction of sp³-hybridized carbons (Fsp3) is 0.333. The van der Waals surface area contributed by atoms with Gasteiger partial charge in [-0.25, -0.2) is 0 Å². The van der Waals surface area contributed by atoms with Crippen LogP contribution in [-0.4, -0.2) is 32.5 Å². The molecule has 0 aliphatic heterocycles. The van der Waals surface area contributed by atoms with Gasteiger partial charge in [0.05, 0.1) is 11.3 Å². The van der Waals surface area contributed by atoms with Gasteiger partial charge in [0.1, 0.15) is 0 Å². The summed E-state index contributed by atoms with van der Waals surface area (Å²) in [5.74, 6) is -0.625. The van der Waals surface area contributed by atoms with Crippen LogP contribution in [0.1, 0.15) is 16.8 Å². The molecule has 2 amide bonds. The van der Waals surface area contributed by atoms with Gasteiger partial charge in [0.15, 0.2) is 0 Å². The first-order chi connectivity index (χ1) is 8.86. The molecule has 0 radical (unpaired) electrons. The van der Waals surface area contributed by atoms with Crippen molar-refractivity contribution in [3.63, 3.8) is 0 Å². The maximum atomic E-state index is 11.3. The third-order valence-corrected chi connectivity index (χ3v) is 3.38. The van der Waals surface area contributed by atoms with Crippen molar-refractivity contribution in [1.82, 2.24) is 5.32 Å². The van der Waals surface area contributed by atoms with Crippen LogP contribution in [0.3, 0.4) is 0 Å². The summed E-state index contributed by atoms with van der Waals surface area (Å²) in [6.07, 6.45) is 0.357. The van der Waals surface area contributed by atoms with Gasteiger partial charge in [-0.2, -0.15) is 0 Å². The van der Waals surface area contributed by atoms with E-state index in [1.807, 2.05) is 11.9 Å². The number of carbonyl (C=O) groups is 2. The smallest absolute Gasteiger partial charge is 0.250 e. The topological polar surface area (TPSA) is 101 Å². The number of hydrogen-bond acceptors (Lipinski definition) is 4. The lowest BCUT2D eigenvalue weighted by molar-refractivity contribution is -0.120. The van der Waals surface area contributed by atoms with E-state index in [0.717, 1.165) is 10.2 Å². The number of primary amides is 1. The molecule has 1 aromatic carbocycles. The summed E-state index contributed by atoms with van der Waals surface area (Å²) in [6.45, 7) is 0.514. The van der Waals surface area contributed by atoms with Gasteiger partial charge in [-0.15, -0.1) is 0 Å². The lowest BCUT2D eigenvalue weighted by Gasteiger charge is -2.21. The van der Waals surface area contributed by atoms with Crippen LogP contribution in [0, 0.1) is 0 Å². The maximum Gasteiger partial charge on any atom is 0.250 e. The van der Waals surface area contributed by atoms with Crippen LogP contribution in [0.15, 0.2) is 16.6 Å². The second-order valence-electron chi connectivity index (χ2n) is 4.10. The monoisotopic (exact) mass is 328 g/mol. The molecule has 5 N–H and O–H groups in total. The highest BCUT2D eigenvalue weighted by atomic mass is 79.9. The normalized spacial score (nSPS) is 10.1. The molecule has 0 atom stereocenters. The zero-order valence-corrected chi connectivity index (χ0v) is 12.5. The molecular weight excluding hydrogens is 312 g/mol. The van der Waals surface area contributed by atoms with Crippen LogP contribution < -0.4 is 21.7 Å². The summed E-state index contributed by atoms with van der Waals surface area (Å²) in [5.41, 5.74) is 12.3. The first-order valence-corrected chi connectivity index (χ1v) is 6.46. The molecule has 7 heteroatoms. The Morgan fingerprint density at radius 2 is 2.05 bits per heavy atom. The number of anilines is 2. The van der Waals surface area contributed by atoms with Crippen LogP contribution >= 0.6 is 15.9 Å². The van der Waals surface area contributed by atoms with Gasteiger partial charge in [0.2, 0.25) is 5.91 Å². The molecule has 0 unspecified atom stereocenters. The number of carbonyl (C=O) groups excluding carboxylic acids is 2. The Bertz CT molecular complexity index is 505. The minimum Gasteiger partial charge on any atom is -0.398 e. The van der Waals surface area contributed by atoms with E-state index in [2.05, 4.69) is 21.2 Å². The SMILES string of the molecule is CNC(=O)CCN(C)c1cc(C(N)=O)c(N)cc1Br. The number of rotatable bonds is 5. The number of nitrogen functional groups attached to an aromatic ring is 1. The molecular formula is C12H17BrN4O2. The Morgan fingerprint density at radius 1 is 1.42 bits per heavy atom. The molecule has 0 bridgehead atoms. The molecule has 6 nitrogen and oxygen atoms in total. The van der Waals surface area contributed by atoms with E-state index < -0.39 is 5.91 Å². The van der Waals surface area contributed by atoms with E-state index in [1.54, 1.807) is 19.2 Å². The third kappa shape index (κ3) is 3.85. The van der Waals surface area contributed by atoms with Crippen LogP contribution in [0.5, 0.6) is 0 Å². The zero-order chi connectivity index (χ0) is 14.6. The van der Waals surface area contributed by atoms with Gasteiger partial charge in [-0.3, -0.25) is 9.59 Å². The van der Waals surface area contributed by atoms with Crippen LogP contribution in [-0.2, 0) is 4.79 Å². The fourth-order valence-electron chi connectivity index (χ4n) is 1.60. The predicted octanol–water partition coefficient (Wildman–Crippen LogP) is 0.703. The van der Waals surface area contributed by atoms with E-state index in [4.69, 9.17) is 11.5 Å². The standard InChI is InChI=1S/C12H17BrN4O2/c1-16-11(18)3-4-17(2)10-5-7(12(15)19)9(14)6-8(10)13/h5-6H,3-4,14H2,1-2H3,(H2,15,19)(H,16,18). The molecule has 0 aliphatic carbocycles. The molecule has 0 spiro atoms. The highest BCUT2D eigenvalue weighted by molar-refractivity contribution is 9.10. The summed E-state index contributed by atoms with van der Waals surface area (Å²) in [4.78, 5) is 24.3. The first-order valence-electron chi connectivity index (χ1n) is 5.67. The van der Waals surface area contributed by atoms with E-state index >= 15 is 0 Å². The summed E-state index contributed by atoms with van der Waals surface area (Å²) < 4.78 is 0.745. The Hall–Kier alpha value is -1.76. The van der Waals surface area contributed by atoms with Crippen LogP contribution in [0.25, 0.3) is 0 Å². The average Bonchev–Trinajstić information content (AvgIpc) is 2.35. The predicted molar refractivity (Wildman–Crippen MR) is 79.0 cm³/mol. The van der Waals surface area contributed by atoms with E-state index in [1.165, 1.54) is 0 Å². The first kappa shape index (κ1) is 15.3. The van der Waals surface area contributed by atoms with Gasteiger partial charge in [-0.1, -0.05) is 0 Å². The maximum absolute atomic E-state index is 11.3. The van der Waals surface area contributed by atoms with E-state index in [-0.39, 0.29) is 11.5 Å². The number of amides is 2. The zero-order valence-electron chi connectivity index (χ0n) is 10.9. The Balaban J connectivity index is 2.96. The molecule has 1 aromatic rings. The Kier molecular flexibility index (Phi) is 5.17. The lowest BCUT2D eigenvalue weighted by atomic mass is 10.1. The minimum atomic E-state index is -0.578. The van der Waals surface area contributed by atoms with Crippen molar-refractivity contribution in [2.75, 3.05) is 31.3 Å². The molecule has 0 fully saturated rings. The fourth-order valence-corrected chi connectivity index (χ4v) is 2.26. The van der Waals surface area contributed by atoms with E-state index in [0.29, 0.717) is 18.7 Å². The van der Waals surface area contributed by atoms with Crippen LogP contribution in [0.4, 0.5) is 11.4 Å². The van der Waals surface area contributed by atoms with Crippen molar-refractivity contribution in [1.29, 1.82) is 0 Å². The largest absolute Gasteiger partial charge is 0.398 e. The van der Waals surface area contributed by atoms with Crippen molar-refractivity contribution < 1.29 is 9.59 Å². The second kappa shape index (κ2) is 6.42. The van der Waals surface area contributed by atoms with E-state index in [9.17, 15) is 9.59 Å². The molecule has 0 aromatic heterocycles. The Morgan fingerprint density at radius 3 is 2.58 bits per heavy atom. The quantitative estimate of drug-likeness (QED) is 0.692. The molecule has 0 aliphatic rings. The molecule has 0 heterocycles. The van der Waals surface area contributed by atoms with Crippen molar-refractivity contribution in [2.24, 2.45) is 5.73 Å².